The maximum atomic E-state index is 12.8. The lowest BCUT2D eigenvalue weighted by molar-refractivity contribution is -0.139. The number of ketones is 1. The molecule has 0 bridgehead atoms. The van der Waals surface area contributed by atoms with Gasteiger partial charge in [0.15, 0.2) is 11.5 Å². The van der Waals surface area contributed by atoms with Crippen molar-refractivity contribution in [3.05, 3.63) is 59.4 Å². The summed E-state index contributed by atoms with van der Waals surface area (Å²) >= 11 is 0. The SMILES string of the molecule is CCCCN1C(=O)C(=O)/C(=C(\O)c2ccncc2)C1c1ccc(O)c(OCC)c1. The Morgan fingerprint density at radius 3 is 2.55 bits per heavy atom. The number of nitrogens with zero attached hydrogens (tertiary/aromatic N) is 2. The van der Waals surface area contributed by atoms with Crippen molar-refractivity contribution >= 4 is 17.4 Å². The number of phenolic OH excluding ortho intramolecular Hbond substituents is 1. The fourth-order valence-corrected chi connectivity index (χ4v) is 3.42. The largest absolute Gasteiger partial charge is 0.507 e. The Hall–Kier alpha value is -3.35. The number of aliphatic hydroxyl groups excluding tert-OH is 1. The van der Waals surface area contributed by atoms with Crippen molar-refractivity contribution in [2.45, 2.75) is 32.7 Å². The number of benzene rings is 1. The highest BCUT2D eigenvalue weighted by atomic mass is 16.5. The minimum atomic E-state index is -0.769. The number of rotatable bonds is 7. The zero-order chi connectivity index (χ0) is 21.0. The Kier molecular flexibility index (Phi) is 6.16. The van der Waals surface area contributed by atoms with Gasteiger partial charge in [-0.05, 0) is 43.2 Å². The van der Waals surface area contributed by atoms with E-state index in [2.05, 4.69) is 4.98 Å². The maximum absolute atomic E-state index is 12.8. The third-order valence-corrected chi connectivity index (χ3v) is 4.85. The third kappa shape index (κ3) is 3.94. The summed E-state index contributed by atoms with van der Waals surface area (Å²) in [7, 11) is 0. The summed E-state index contributed by atoms with van der Waals surface area (Å²) in [6, 6.07) is 7.09. The van der Waals surface area contributed by atoms with Crippen LogP contribution in [0.4, 0.5) is 0 Å². The van der Waals surface area contributed by atoms with Gasteiger partial charge in [0.1, 0.15) is 5.76 Å². The minimum Gasteiger partial charge on any atom is -0.507 e. The number of ether oxygens (including phenoxy) is 1. The smallest absolute Gasteiger partial charge is 0.295 e. The van der Waals surface area contributed by atoms with Crippen LogP contribution in [-0.2, 0) is 9.59 Å². The van der Waals surface area contributed by atoms with Gasteiger partial charge in [0.05, 0.1) is 18.2 Å². The minimum absolute atomic E-state index is 0.0189. The number of carbonyl (C=O) groups excluding carboxylic acids is 2. The number of Topliss-reactive ketones (excluding diaryl/α,β-unsaturated/α-hetero) is 1. The van der Waals surface area contributed by atoms with E-state index in [0.717, 1.165) is 12.8 Å². The van der Waals surface area contributed by atoms with Gasteiger partial charge in [0, 0.05) is 24.5 Å². The summed E-state index contributed by atoms with van der Waals surface area (Å²) in [5.74, 6) is -1.40. The van der Waals surface area contributed by atoms with Gasteiger partial charge in [-0.25, -0.2) is 0 Å². The van der Waals surface area contributed by atoms with Gasteiger partial charge in [-0.1, -0.05) is 19.4 Å². The first-order valence-electron chi connectivity index (χ1n) is 9.64. The van der Waals surface area contributed by atoms with Crippen LogP contribution in [0.2, 0.25) is 0 Å². The van der Waals surface area contributed by atoms with Crippen molar-refractivity contribution < 1.29 is 24.5 Å². The van der Waals surface area contributed by atoms with E-state index in [0.29, 0.717) is 24.3 Å². The average Bonchev–Trinajstić information content (AvgIpc) is 2.98. The van der Waals surface area contributed by atoms with Crippen LogP contribution in [0.3, 0.4) is 0 Å². The summed E-state index contributed by atoms with van der Waals surface area (Å²) in [4.78, 5) is 31.0. The number of aromatic hydroxyl groups is 1. The normalized spacial score (nSPS) is 18.3. The Labute approximate surface area is 169 Å². The fraction of sp³-hybridized carbons (Fsp3) is 0.318. The van der Waals surface area contributed by atoms with Crippen molar-refractivity contribution in [3.63, 3.8) is 0 Å². The zero-order valence-electron chi connectivity index (χ0n) is 16.5. The average molecular weight is 396 g/mol. The highest BCUT2D eigenvalue weighted by Crippen LogP contribution is 2.41. The van der Waals surface area contributed by atoms with E-state index in [1.807, 2.05) is 6.92 Å². The molecule has 7 heteroatoms. The van der Waals surface area contributed by atoms with Crippen molar-refractivity contribution in [3.8, 4) is 11.5 Å². The van der Waals surface area contributed by atoms with Gasteiger partial charge < -0.3 is 19.8 Å². The second-order valence-corrected chi connectivity index (χ2v) is 6.74. The number of pyridine rings is 1. The number of phenols is 1. The highest BCUT2D eigenvalue weighted by molar-refractivity contribution is 6.46. The van der Waals surface area contributed by atoms with Crippen LogP contribution in [0.1, 0.15) is 43.9 Å². The van der Waals surface area contributed by atoms with Crippen LogP contribution < -0.4 is 4.74 Å². The molecule has 1 aromatic heterocycles. The summed E-state index contributed by atoms with van der Waals surface area (Å²) in [5, 5.41) is 20.9. The van der Waals surface area contributed by atoms with Crippen LogP contribution in [0.5, 0.6) is 11.5 Å². The molecule has 2 heterocycles. The molecular weight excluding hydrogens is 372 g/mol. The molecule has 1 aliphatic rings. The van der Waals surface area contributed by atoms with Crippen molar-refractivity contribution in [1.29, 1.82) is 0 Å². The van der Waals surface area contributed by atoms with E-state index in [1.54, 1.807) is 31.2 Å². The van der Waals surface area contributed by atoms with Crippen molar-refractivity contribution in [2.75, 3.05) is 13.2 Å². The molecule has 1 atom stereocenters. The number of aliphatic hydroxyl groups is 1. The number of carbonyl (C=O) groups is 2. The number of hydrogen-bond donors (Lipinski definition) is 2. The van der Waals surface area contributed by atoms with E-state index in [-0.39, 0.29) is 22.8 Å². The van der Waals surface area contributed by atoms with Crippen molar-refractivity contribution in [2.24, 2.45) is 0 Å². The Morgan fingerprint density at radius 1 is 1.17 bits per heavy atom. The van der Waals surface area contributed by atoms with Crippen LogP contribution in [0.15, 0.2) is 48.3 Å². The first kappa shape index (κ1) is 20.4. The summed E-state index contributed by atoms with van der Waals surface area (Å²) in [5.41, 5.74) is 1.00. The lowest BCUT2D eigenvalue weighted by Crippen LogP contribution is -2.30. The molecular formula is C22H24N2O5. The van der Waals surface area contributed by atoms with Gasteiger partial charge in [-0.3, -0.25) is 14.6 Å². The van der Waals surface area contributed by atoms with Crippen LogP contribution in [0, 0.1) is 0 Å². The number of hydrogen-bond acceptors (Lipinski definition) is 6. The predicted octanol–water partition coefficient (Wildman–Crippen LogP) is 3.41. The molecule has 0 aliphatic carbocycles. The van der Waals surface area contributed by atoms with E-state index in [9.17, 15) is 19.8 Å². The van der Waals surface area contributed by atoms with E-state index >= 15 is 0 Å². The van der Waals surface area contributed by atoms with Gasteiger partial charge in [0.25, 0.3) is 11.7 Å². The molecule has 0 spiro atoms. The third-order valence-electron chi connectivity index (χ3n) is 4.85. The lowest BCUT2D eigenvalue weighted by atomic mass is 9.95. The van der Waals surface area contributed by atoms with Gasteiger partial charge in [0.2, 0.25) is 0 Å². The summed E-state index contributed by atoms with van der Waals surface area (Å²) in [6.07, 6.45) is 4.57. The second kappa shape index (κ2) is 8.77. The monoisotopic (exact) mass is 396 g/mol. The highest BCUT2D eigenvalue weighted by Gasteiger charge is 2.45. The molecule has 1 amide bonds. The fourth-order valence-electron chi connectivity index (χ4n) is 3.42. The number of unbranched alkanes of at least 4 members (excludes halogenated alkanes) is 1. The van der Waals surface area contributed by atoms with E-state index in [4.69, 9.17) is 4.74 Å². The van der Waals surface area contributed by atoms with Gasteiger partial charge in [-0.2, -0.15) is 0 Å². The first-order valence-corrected chi connectivity index (χ1v) is 9.64. The number of amides is 1. The molecule has 1 saturated heterocycles. The molecule has 3 rings (SSSR count). The van der Waals surface area contributed by atoms with Gasteiger partial charge >= 0.3 is 0 Å². The first-order chi connectivity index (χ1) is 14.0. The predicted molar refractivity (Wildman–Crippen MR) is 107 cm³/mol. The van der Waals surface area contributed by atoms with Crippen LogP contribution in [-0.4, -0.2) is 44.9 Å². The standard InChI is InChI=1S/C22H24N2O5/c1-3-5-12-24-19(15-6-7-16(25)17(13-15)29-4-2)18(21(27)22(24)28)20(26)14-8-10-23-11-9-14/h6-11,13,19,25-26H,3-5,12H2,1-2H3/b20-18-. The number of aromatic nitrogens is 1. The zero-order valence-corrected chi connectivity index (χ0v) is 16.5. The Bertz CT molecular complexity index is 939. The van der Waals surface area contributed by atoms with Gasteiger partial charge in [-0.15, -0.1) is 0 Å². The molecule has 1 aliphatic heterocycles. The Balaban J connectivity index is 2.17. The molecule has 29 heavy (non-hydrogen) atoms. The number of likely N-dealkylation sites (tertiary alicyclic amines) is 1. The second-order valence-electron chi connectivity index (χ2n) is 6.74. The lowest BCUT2D eigenvalue weighted by Gasteiger charge is -2.25. The molecule has 1 unspecified atom stereocenters. The molecule has 2 N–H and O–H groups in total. The molecule has 1 aromatic carbocycles. The Morgan fingerprint density at radius 2 is 1.90 bits per heavy atom. The maximum Gasteiger partial charge on any atom is 0.295 e. The summed E-state index contributed by atoms with van der Waals surface area (Å²) in [6.45, 7) is 4.52. The van der Waals surface area contributed by atoms with Crippen LogP contribution in [0.25, 0.3) is 5.76 Å². The van der Waals surface area contributed by atoms with Crippen LogP contribution >= 0.6 is 0 Å². The molecule has 0 saturated carbocycles. The molecule has 2 aromatic rings. The van der Waals surface area contributed by atoms with Crippen molar-refractivity contribution in [1.82, 2.24) is 9.88 Å². The molecule has 0 radical (unpaired) electrons. The summed E-state index contributed by atoms with van der Waals surface area (Å²) < 4.78 is 5.46. The molecule has 1 fully saturated rings. The van der Waals surface area contributed by atoms with E-state index in [1.165, 1.54) is 23.4 Å². The molecule has 7 nitrogen and oxygen atoms in total. The quantitative estimate of drug-likeness (QED) is 0.423. The molecule has 152 valence electrons. The topological polar surface area (TPSA) is 100.0 Å². The van der Waals surface area contributed by atoms with E-state index < -0.39 is 17.7 Å².